The van der Waals surface area contributed by atoms with E-state index in [9.17, 15) is 9.90 Å². The predicted molar refractivity (Wildman–Crippen MR) is 64.6 cm³/mol. The Bertz CT molecular complexity index is 526. The van der Waals surface area contributed by atoms with Gasteiger partial charge in [-0.2, -0.15) is 5.26 Å². The van der Waals surface area contributed by atoms with Crippen LogP contribution in [0.1, 0.15) is 19.4 Å². The van der Waals surface area contributed by atoms with Crippen LogP contribution in [-0.2, 0) is 9.53 Å². The van der Waals surface area contributed by atoms with Crippen LogP contribution in [0.15, 0.2) is 23.8 Å². The van der Waals surface area contributed by atoms with Crippen molar-refractivity contribution in [2.75, 3.05) is 0 Å². The molecule has 1 rings (SSSR count). The maximum absolute atomic E-state index is 11.5. The third-order valence-electron chi connectivity index (χ3n) is 1.99. The number of hydrogen-bond acceptors (Lipinski definition) is 5. The number of phenols is 2. The number of rotatable bonds is 3. The molecule has 0 bridgehead atoms. The average molecular weight is 247 g/mol. The minimum atomic E-state index is -0.722. The molecule has 2 N–H and O–H groups in total. The molecule has 0 aliphatic heterocycles. The first-order chi connectivity index (χ1) is 8.43. The fourth-order valence-electron chi connectivity index (χ4n) is 1.21. The maximum Gasteiger partial charge on any atom is 0.349 e. The van der Waals surface area contributed by atoms with Gasteiger partial charge in [0.2, 0.25) is 0 Å². The lowest BCUT2D eigenvalue weighted by Crippen LogP contribution is -2.12. The van der Waals surface area contributed by atoms with Crippen molar-refractivity contribution in [3.8, 4) is 17.6 Å². The molecule has 0 fully saturated rings. The summed E-state index contributed by atoms with van der Waals surface area (Å²) in [7, 11) is 0. The van der Waals surface area contributed by atoms with Gasteiger partial charge in [-0.1, -0.05) is 6.07 Å². The monoisotopic (exact) mass is 247 g/mol. The van der Waals surface area contributed by atoms with Crippen LogP contribution >= 0.6 is 0 Å². The van der Waals surface area contributed by atoms with Gasteiger partial charge in [0, 0.05) is 0 Å². The quantitative estimate of drug-likeness (QED) is 0.369. The normalized spacial score (nSPS) is 11.1. The highest BCUT2D eigenvalue weighted by atomic mass is 16.5. The number of hydrogen-bond donors (Lipinski definition) is 2. The molecule has 0 saturated carbocycles. The molecule has 5 nitrogen and oxygen atoms in total. The van der Waals surface area contributed by atoms with Gasteiger partial charge < -0.3 is 14.9 Å². The maximum atomic E-state index is 11.5. The molecule has 1 aromatic carbocycles. The van der Waals surface area contributed by atoms with E-state index >= 15 is 0 Å². The van der Waals surface area contributed by atoms with Gasteiger partial charge in [-0.15, -0.1) is 0 Å². The molecule has 0 aromatic heterocycles. The Morgan fingerprint density at radius 3 is 2.56 bits per heavy atom. The van der Waals surface area contributed by atoms with E-state index in [0.29, 0.717) is 5.56 Å². The van der Waals surface area contributed by atoms with E-state index in [1.165, 1.54) is 24.3 Å². The van der Waals surface area contributed by atoms with Crippen LogP contribution in [0.2, 0.25) is 0 Å². The first-order valence-electron chi connectivity index (χ1n) is 5.28. The highest BCUT2D eigenvalue weighted by molar-refractivity contribution is 5.98. The number of carbonyl (C=O) groups excluding carboxylic acids is 1. The zero-order chi connectivity index (χ0) is 13.7. The summed E-state index contributed by atoms with van der Waals surface area (Å²) in [4.78, 5) is 11.5. The van der Waals surface area contributed by atoms with Gasteiger partial charge in [0.25, 0.3) is 0 Å². The summed E-state index contributed by atoms with van der Waals surface area (Å²) in [6.45, 7) is 3.36. The van der Waals surface area contributed by atoms with Gasteiger partial charge in [-0.3, -0.25) is 0 Å². The number of carbonyl (C=O) groups is 1. The van der Waals surface area contributed by atoms with Crippen molar-refractivity contribution in [3.63, 3.8) is 0 Å². The summed E-state index contributed by atoms with van der Waals surface area (Å²) in [6, 6.07) is 5.71. The fraction of sp³-hybridized carbons (Fsp3) is 0.231. The molecule has 0 spiro atoms. The number of ether oxygens (including phenoxy) is 1. The fourth-order valence-corrected chi connectivity index (χ4v) is 1.21. The first-order valence-corrected chi connectivity index (χ1v) is 5.28. The molecule has 0 heterocycles. The summed E-state index contributed by atoms with van der Waals surface area (Å²) < 4.78 is 4.89. The van der Waals surface area contributed by atoms with Crippen LogP contribution in [0, 0.1) is 11.3 Å². The number of phenolic OH excluding ortho intramolecular Hbond substituents is 2. The van der Waals surface area contributed by atoms with Crippen LogP contribution in [0.3, 0.4) is 0 Å². The molecular weight excluding hydrogens is 234 g/mol. The molecule has 18 heavy (non-hydrogen) atoms. The summed E-state index contributed by atoms with van der Waals surface area (Å²) in [5, 5.41) is 27.3. The van der Waals surface area contributed by atoms with E-state index in [-0.39, 0.29) is 23.2 Å². The number of aromatic hydroxyl groups is 2. The topological polar surface area (TPSA) is 90.6 Å². The van der Waals surface area contributed by atoms with Crippen molar-refractivity contribution >= 4 is 12.0 Å². The number of nitriles is 1. The molecule has 94 valence electrons. The lowest BCUT2D eigenvalue weighted by Gasteiger charge is -2.06. The van der Waals surface area contributed by atoms with E-state index in [1.54, 1.807) is 19.9 Å². The van der Waals surface area contributed by atoms with Gasteiger partial charge in [0.1, 0.15) is 11.6 Å². The highest BCUT2D eigenvalue weighted by Gasteiger charge is 2.12. The van der Waals surface area contributed by atoms with Crippen LogP contribution in [0.25, 0.3) is 6.08 Å². The van der Waals surface area contributed by atoms with Crippen LogP contribution < -0.4 is 0 Å². The average Bonchev–Trinajstić information content (AvgIpc) is 2.29. The van der Waals surface area contributed by atoms with Crippen molar-refractivity contribution in [3.05, 3.63) is 29.3 Å². The van der Waals surface area contributed by atoms with Gasteiger partial charge in [-0.25, -0.2) is 4.79 Å². The minimum absolute atomic E-state index is 0.172. The molecule has 0 aliphatic carbocycles. The molecule has 0 radical (unpaired) electrons. The largest absolute Gasteiger partial charge is 0.504 e. The van der Waals surface area contributed by atoms with Gasteiger partial charge >= 0.3 is 5.97 Å². The van der Waals surface area contributed by atoms with Gasteiger partial charge in [0.15, 0.2) is 11.5 Å². The second-order valence-electron chi connectivity index (χ2n) is 3.87. The summed E-state index contributed by atoms with van der Waals surface area (Å²) in [6.07, 6.45) is 0.964. The molecule has 0 aliphatic rings. The minimum Gasteiger partial charge on any atom is -0.504 e. The van der Waals surface area contributed by atoms with E-state index in [0.717, 1.165) is 0 Å². The lowest BCUT2D eigenvalue weighted by atomic mass is 10.1. The van der Waals surface area contributed by atoms with Crippen LogP contribution in [0.5, 0.6) is 11.5 Å². The van der Waals surface area contributed by atoms with Crippen LogP contribution in [-0.4, -0.2) is 22.3 Å². The molecular formula is C13H13NO4. The predicted octanol–water partition coefficient (Wildman–Crippen LogP) is 1.96. The molecule has 1 aromatic rings. The summed E-state index contributed by atoms with van der Waals surface area (Å²) in [5.74, 6) is -1.31. The van der Waals surface area contributed by atoms with Crippen molar-refractivity contribution in [2.24, 2.45) is 0 Å². The third kappa shape index (κ3) is 3.52. The molecule has 0 saturated heterocycles. The third-order valence-corrected chi connectivity index (χ3v) is 1.99. The van der Waals surface area contributed by atoms with Gasteiger partial charge in [0.05, 0.1) is 6.10 Å². The Morgan fingerprint density at radius 1 is 1.39 bits per heavy atom. The Morgan fingerprint density at radius 2 is 2.06 bits per heavy atom. The number of benzene rings is 1. The Kier molecular flexibility index (Phi) is 4.33. The van der Waals surface area contributed by atoms with Gasteiger partial charge in [-0.05, 0) is 37.6 Å². The van der Waals surface area contributed by atoms with E-state index in [4.69, 9.17) is 15.1 Å². The summed E-state index contributed by atoms with van der Waals surface area (Å²) in [5.41, 5.74) is 0.247. The zero-order valence-electron chi connectivity index (χ0n) is 10.0. The zero-order valence-corrected chi connectivity index (χ0v) is 10.0. The van der Waals surface area contributed by atoms with E-state index < -0.39 is 5.97 Å². The summed E-state index contributed by atoms with van der Waals surface area (Å²) >= 11 is 0. The first kappa shape index (κ1) is 13.6. The number of nitrogens with zero attached hydrogens (tertiary/aromatic N) is 1. The smallest absolute Gasteiger partial charge is 0.349 e. The Labute approximate surface area is 105 Å². The van der Waals surface area contributed by atoms with E-state index in [2.05, 4.69) is 0 Å². The molecule has 0 atom stereocenters. The second kappa shape index (κ2) is 5.73. The Balaban J connectivity index is 3.01. The standard InChI is InChI=1S/C13H13NO4/c1-8(2)18-13(17)10(7-14)5-9-3-4-11(15)12(16)6-9/h3-6,8,15-16H,1-2H3/b10-5+. The molecule has 0 amide bonds. The SMILES string of the molecule is CC(C)OC(=O)/C(C#N)=C/c1ccc(O)c(O)c1. The second-order valence-corrected chi connectivity index (χ2v) is 3.87. The number of esters is 1. The Hall–Kier alpha value is -2.48. The van der Waals surface area contributed by atoms with E-state index in [1.807, 2.05) is 0 Å². The van der Waals surface area contributed by atoms with Crippen molar-refractivity contribution in [1.82, 2.24) is 0 Å². The highest BCUT2D eigenvalue weighted by Crippen LogP contribution is 2.25. The van der Waals surface area contributed by atoms with Crippen molar-refractivity contribution < 1.29 is 19.7 Å². The molecule has 0 unspecified atom stereocenters. The van der Waals surface area contributed by atoms with Crippen molar-refractivity contribution in [1.29, 1.82) is 5.26 Å². The molecule has 5 heteroatoms. The van der Waals surface area contributed by atoms with Crippen LogP contribution in [0.4, 0.5) is 0 Å². The lowest BCUT2D eigenvalue weighted by molar-refractivity contribution is -0.142. The van der Waals surface area contributed by atoms with Crippen molar-refractivity contribution in [2.45, 2.75) is 20.0 Å².